The lowest BCUT2D eigenvalue weighted by molar-refractivity contribution is 0.0922. The Labute approximate surface area is 153 Å². The van der Waals surface area contributed by atoms with Crippen LogP contribution < -0.4 is 10.6 Å². The topological polar surface area (TPSA) is 41.1 Å². The molecule has 0 unspecified atom stereocenters. The predicted octanol–water partition coefficient (Wildman–Crippen LogP) is 3.71. The summed E-state index contributed by atoms with van der Waals surface area (Å²) in [4.78, 5) is 12.3. The molecular weight excluding hydrogens is 348 g/mol. The molecule has 3 nitrogen and oxygen atoms in total. The number of hydrogen-bond acceptors (Lipinski definition) is 4. The highest BCUT2D eigenvalue weighted by Crippen LogP contribution is 2.45. The highest BCUT2D eigenvalue weighted by atomic mass is 35.5. The Morgan fingerprint density at radius 3 is 2.43 bits per heavy atom. The number of thioether (sulfide) groups is 2. The van der Waals surface area contributed by atoms with E-state index in [-0.39, 0.29) is 23.7 Å². The second-order valence-corrected chi connectivity index (χ2v) is 9.16. The minimum Gasteiger partial charge on any atom is -0.351 e. The van der Waals surface area contributed by atoms with Gasteiger partial charge < -0.3 is 10.6 Å². The molecule has 0 saturated carbocycles. The third-order valence-electron chi connectivity index (χ3n) is 4.55. The predicted molar refractivity (Wildman–Crippen MR) is 104 cm³/mol. The average molecular weight is 373 g/mol. The van der Waals surface area contributed by atoms with Gasteiger partial charge in [-0.1, -0.05) is 19.1 Å². The van der Waals surface area contributed by atoms with Gasteiger partial charge in [0.1, 0.15) is 0 Å². The summed E-state index contributed by atoms with van der Waals surface area (Å²) in [7, 11) is 0. The molecule has 1 aromatic carbocycles. The van der Waals surface area contributed by atoms with Crippen molar-refractivity contribution in [3.63, 3.8) is 0 Å². The van der Waals surface area contributed by atoms with Crippen molar-refractivity contribution >= 4 is 41.8 Å². The van der Waals surface area contributed by atoms with E-state index < -0.39 is 0 Å². The van der Waals surface area contributed by atoms with Crippen molar-refractivity contribution in [3.8, 4) is 0 Å². The number of piperidine rings is 1. The summed E-state index contributed by atoms with van der Waals surface area (Å²) in [5.41, 5.74) is 2.33. The van der Waals surface area contributed by atoms with Crippen LogP contribution in [-0.2, 0) is 0 Å². The van der Waals surface area contributed by atoms with Gasteiger partial charge in [0.15, 0.2) is 0 Å². The number of halogens is 1. The lowest BCUT2D eigenvalue weighted by Crippen LogP contribution is -2.42. The molecule has 2 N–H and O–H groups in total. The van der Waals surface area contributed by atoms with E-state index in [4.69, 9.17) is 0 Å². The fraction of sp³-hybridized carbons (Fsp3) is 0.588. The average Bonchev–Trinajstić information content (AvgIpc) is 3.08. The van der Waals surface area contributed by atoms with Crippen LogP contribution in [0.4, 0.5) is 0 Å². The van der Waals surface area contributed by atoms with Crippen LogP contribution in [-0.4, -0.2) is 37.0 Å². The monoisotopic (exact) mass is 372 g/mol. The number of amides is 1. The van der Waals surface area contributed by atoms with Crippen LogP contribution in [0.25, 0.3) is 0 Å². The summed E-state index contributed by atoms with van der Waals surface area (Å²) in [6.45, 7) is 5.14. The summed E-state index contributed by atoms with van der Waals surface area (Å²) in [5.74, 6) is 2.51. The van der Waals surface area contributed by atoms with Gasteiger partial charge in [-0.25, -0.2) is 0 Å². The van der Waals surface area contributed by atoms with Gasteiger partial charge in [0, 0.05) is 23.6 Å². The first-order valence-corrected chi connectivity index (χ1v) is 10.1. The summed E-state index contributed by atoms with van der Waals surface area (Å²) >= 11 is 3.99. The second-order valence-electron chi connectivity index (χ2n) is 6.44. The number of carbonyl (C=O) groups is 1. The summed E-state index contributed by atoms with van der Waals surface area (Å²) in [6.07, 6.45) is 2.25. The van der Waals surface area contributed by atoms with Crippen molar-refractivity contribution in [2.24, 2.45) is 5.41 Å². The van der Waals surface area contributed by atoms with Gasteiger partial charge in [-0.05, 0) is 49.0 Å². The Balaban J connectivity index is 0.00000192. The molecule has 0 bridgehead atoms. The lowest BCUT2D eigenvalue weighted by atomic mass is 9.81. The van der Waals surface area contributed by atoms with Gasteiger partial charge >= 0.3 is 0 Å². The van der Waals surface area contributed by atoms with Gasteiger partial charge in [-0.2, -0.15) is 0 Å². The van der Waals surface area contributed by atoms with E-state index in [2.05, 4.69) is 29.7 Å². The first kappa shape index (κ1) is 19.0. The van der Waals surface area contributed by atoms with Crippen molar-refractivity contribution in [1.29, 1.82) is 0 Å². The van der Waals surface area contributed by atoms with Crippen LogP contribution in [0.5, 0.6) is 0 Å². The molecule has 1 amide bonds. The van der Waals surface area contributed by atoms with Crippen LogP contribution in [0.2, 0.25) is 0 Å². The first-order valence-electron chi connectivity index (χ1n) is 7.98. The van der Waals surface area contributed by atoms with E-state index in [1.54, 1.807) is 0 Å². The van der Waals surface area contributed by atoms with Crippen LogP contribution >= 0.6 is 35.9 Å². The molecule has 1 aromatic rings. The van der Waals surface area contributed by atoms with Gasteiger partial charge in [0.2, 0.25) is 0 Å². The molecular formula is C17H25ClN2OS2. The molecule has 0 spiro atoms. The SMILES string of the molecule is CC1(CNC(=O)c2ccc(C3SCCS3)cc2)CCNCC1.Cl. The molecule has 0 radical (unpaired) electrons. The second kappa shape index (κ2) is 8.65. The first-order chi connectivity index (χ1) is 10.7. The van der Waals surface area contributed by atoms with E-state index in [0.717, 1.165) is 38.0 Å². The summed E-state index contributed by atoms with van der Waals surface area (Å²) < 4.78 is 0.547. The van der Waals surface area contributed by atoms with Gasteiger partial charge in [-0.15, -0.1) is 35.9 Å². The van der Waals surface area contributed by atoms with Crippen LogP contribution in [0, 0.1) is 5.41 Å². The fourth-order valence-corrected chi connectivity index (χ4v) is 5.80. The zero-order chi connectivity index (χ0) is 15.4. The molecule has 0 aromatic heterocycles. The number of hydrogen-bond donors (Lipinski definition) is 2. The molecule has 2 saturated heterocycles. The standard InChI is InChI=1S/C17H24N2OS2.ClH/c1-17(6-8-18-9-7-17)12-19-15(20)13-2-4-14(5-3-13)16-21-10-11-22-16;/h2-5,16,18H,6-12H2,1H3,(H,19,20);1H. The smallest absolute Gasteiger partial charge is 0.251 e. The molecule has 2 aliphatic heterocycles. The minimum atomic E-state index is 0. The Hall–Kier alpha value is -0.360. The molecule has 0 aliphatic carbocycles. The zero-order valence-electron chi connectivity index (χ0n) is 13.5. The Morgan fingerprint density at radius 1 is 1.22 bits per heavy atom. The van der Waals surface area contributed by atoms with E-state index in [1.807, 2.05) is 35.7 Å². The largest absolute Gasteiger partial charge is 0.351 e. The number of carbonyl (C=O) groups excluding carboxylic acids is 1. The maximum Gasteiger partial charge on any atom is 0.251 e. The van der Waals surface area contributed by atoms with Crippen molar-refractivity contribution in [3.05, 3.63) is 35.4 Å². The minimum absolute atomic E-state index is 0. The molecule has 23 heavy (non-hydrogen) atoms. The quantitative estimate of drug-likeness (QED) is 0.845. The van der Waals surface area contributed by atoms with E-state index in [1.165, 1.54) is 17.1 Å². The van der Waals surface area contributed by atoms with Crippen molar-refractivity contribution in [2.45, 2.75) is 24.3 Å². The van der Waals surface area contributed by atoms with Crippen LogP contribution in [0.1, 0.15) is 40.3 Å². The molecule has 6 heteroatoms. The maximum absolute atomic E-state index is 12.3. The Morgan fingerprint density at radius 2 is 1.83 bits per heavy atom. The number of nitrogens with one attached hydrogen (secondary N) is 2. The van der Waals surface area contributed by atoms with E-state index in [0.29, 0.717) is 4.58 Å². The van der Waals surface area contributed by atoms with Crippen molar-refractivity contribution in [1.82, 2.24) is 10.6 Å². The van der Waals surface area contributed by atoms with Crippen LogP contribution in [0.3, 0.4) is 0 Å². The molecule has 2 heterocycles. The number of rotatable bonds is 4. The molecule has 2 fully saturated rings. The Bertz CT molecular complexity index is 512. The van der Waals surface area contributed by atoms with Gasteiger partial charge in [0.05, 0.1) is 4.58 Å². The summed E-state index contributed by atoms with van der Waals surface area (Å²) in [6, 6.07) is 8.15. The fourth-order valence-electron chi connectivity index (χ4n) is 2.95. The highest BCUT2D eigenvalue weighted by Gasteiger charge is 2.27. The molecule has 128 valence electrons. The van der Waals surface area contributed by atoms with Crippen molar-refractivity contribution in [2.75, 3.05) is 31.1 Å². The Kier molecular flexibility index (Phi) is 7.14. The molecule has 3 rings (SSSR count). The van der Waals surface area contributed by atoms with Gasteiger partial charge in [-0.3, -0.25) is 4.79 Å². The maximum atomic E-state index is 12.3. The van der Waals surface area contributed by atoms with Crippen molar-refractivity contribution < 1.29 is 4.79 Å². The third-order valence-corrected chi connectivity index (χ3v) is 7.66. The third kappa shape index (κ3) is 5.05. The highest BCUT2D eigenvalue weighted by molar-refractivity contribution is 8.19. The van der Waals surface area contributed by atoms with Crippen LogP contribution in [0.15, 0.2) is 24.3 Å². The summed E-state index contributed by atoms with van der Waals surface area (Å²) in [5, 5.41) is 6.50. The van der Waals surface area contributed by atoms with Gasteiger partial charge in [0.25, 0.3) is 5.91 Å². The zero-order valence-corrected chi connectivity index (χ0v) is 15.9. The molecule has 0 atom stereocenters. The normalized spacial score (nSPS) is 20.7. The molecule has 2 aliphatic rings. The lowest BCUT2D eigenvalue weighted by Gasteiger charge is -2.34. The van der Waals surface area contributed by atoms with E-state index >= 15 is 0 Å². The van der Waals surface area contributed by atoms with E-state index in [9.17, 15) is 4.79 Å². The number of benzene rings is 1.